The van der Waals surface area contributed by atoms with Gasteiger partial charge in [0.15, 0.2) is 0 Å². The Morgan fingerprint density at radius 1 is 1.35 bits per heavy atom. The summed E-state index contributed by atoms with van der Waals surface area (Å²) in [6, 6.07) is 7.91. The highest BCUT2D eigenvalue weighted by molar-refractivity contribution is 5.62. The number of benzene rings is 1. The molecule has 0 radical (unpaired) electrons. The summed E-state index contributed by atoms with van der Waals surface area (Å²) in [5.41, 5.74) is 1.75. The van der Waals surface area contributed by atoms with Gasteiger partial charge in [-0.1, -0.05) is 6.92 Å². The van der Waals surface area contributed by atoms with E-state index in [1.807, 2.05) is 18.2 Å². The fourth-order valence-corrected chi connectivity index (χ4v) is 2.24. The first kappa shape index (κ1) is 11.8. The van der Waals surface area contributed by atoms with E-state index in [4.69, 9.17) is 10.00 Å². The quantitative estimate of drug-likeness (QED) is 0.783. The maximum absolute atomic E-state index is 9.15. The van der Waals surface area contributed by atoms with Crippen LogP contribution in [-0.2, 0) is 0 Å². The average Bonchev–Trinajstić information content (AvgIpc) is 2.39. The van der Waals surface area contributed by atoms with E-state index in [-0.39, 0.29) is 0 Å². The van der Waals surface area contributed by atoms with Crippen LogP contribution in [0.25, 0.3) is 0 Å². The Bertz CT molecular complexity index is 428. The van der Waals surface area contributed by atoms with Gasteiger partial charge in [-0.05, 0) is 30.9 Å². The van der Waals surface area contributed by atoms with Crippen LogP contribution in [0.2, 0.25) is 0 Å². The Morgan fingerprint density at radius 3 is 2.65 bits per heavy atom. The molecule has 0 bridgehead atoms. The SMILES string of the molecule is COc1ccc(C#N)c(N2CCC(C)CC2)c1. The lowest BCUT2D eigenvalue weighted by atomic mass is 9.98. The predicted molar refractivity (Wildman–Crippen MR) is 68.3 cm³/mol. The molecule has 1 heterocycles. The second-order valence-electron chi connectivity index (χ2n) is 4.66. The van der Waals surface area contributed by atoms with Crippen molar-refractivity contribution in [3.05, 3.63) is 23.8 Å². The largest absolute Gasteiger partial charge is 0.497 e. The molecule has 0 N–H and O–H groups in total. The van der Waals surface area contributed by atoms with Gasteiger partial charge in [0.05, 0.1) is 18.4 Å². The fraction of sp³-hybridized carbons (Fsp3) is 0.500. The van der Waals surface area contributed by atoms with Crippen LogP contribution >= 0.6 is 0 Å². The van der Waals surface area contributed by atoms with Gasteiger partial charge in [-0.25, -0.2) is 0 Å². The third kappa shape index (κ3) is 2.52. The van der Waals surface area contributed by atoms with Gasteiger partial charge in [-0.15, -0.1) is 0 Å². The van der Waals surface area contributed by atoms with Crippen molar-refractivity contribution >= 4 is 5.69 Å². The minimum atomic E-state index is 0.736. The van der Waals surface area contributed by atoms with Crippen molar-refractivity contribution < 1.29 is 4.74 Å². The van der Waals surface area contributed by atoms with Crippen molar-refractivity contribution in [2.75, 3.05) is 25.1 Å². The van der Waals surface area contributed by atoms with E-state index in [0.29, 0.717) is 0 Å². The molecule has 0 aliphatic carbocycles. The molecule has 1 saturated heterocycles. The van der Waals surface area contributed by atoms with Crippen LogP contribution in [-0.4, -0.2) is 20.2 Å². The molecule has 2 rings (SSSR count). The van der Waals surface area contributed by atoms with Crippen molar-refractivity contribution in [2.24, 2.45) is 5.92 Å². The van der Waals surface area contributed by atoms with Gasteiger partial charge in [0.1, 0.15) is 11.8 Å². The molecule has 3 heteroatoms. The molecule has 1 aliphatic heterocycles. The first-order chi connectivity index (χ1) is 8.24. The number of methoxy groups -OCH3 is 1. The Morgan fingerprint density at radius 2 is 2.06 bits per heavy atom. The topological polar surface area (TPSA) is 36.3 Å². The average molecular weight is 230 g/mol. The van der Waals surface area contributed by atoms with E-state index >= 15 is 0 Å². The highest BCUT2D eigenvalue weighted by Gasteiger charge is 2.18. The van der Waals surface area contributed by atoms with E-state index in [0.717, 1.165) is 36.0 Å². The monoisotopic (exact) mass is 230 g/mol. The van der Waals surface area contributed by atoms with Crippen molar-refractivity contribution in [3.63, 3.8) is 0 Å². The first-order valence-corrected chi connectivity index (χ1v) is 6.07. The highest BCUT2D eigenvalue weighted by Crippen LogP contribution is 2.29. The molecule has 0 amide bonds. The third-order valence-electron chi connectivity index (χ3n) is 3.45. The molecule has 90 valence electrons. The van der Waals surface area contributed by atoms with Crippen molar-refractivity contribution in [3.8, 4) is 11.8 Å². The van der Waals surface area contributed by atoms with Crippen LogP contribution < -0.4 is 9.64 Å². The zero-order valence-corrected chi connectivity index (χ0v) is 10.4. The van der Waals surface area contributed by atoms with Gasteiger partial charge in [0.25, 0.3) is 0 Å². The van der Waals surface area contributed by atoms with Gasteiger partial charge in [-0.3, -0.25) is 0 Å². The van der Waals surface area contributed by atoms with Gasteiger partial charge < -0.3 is 9.64 Å². The van der Waals surface area contributed by atoms with Crippen LogP contribution in [0.1, 0.15) is 25.3 Å². The van der Waals surface area contributed by atoms with Crippen LogP contribution in [0.5, 0.6) is 5.75 Å². The Balaban J connectivity index is 2.27. The fourth-order valence-electron chi connectivity index (χ4n) is 2.24. The number of hydrogen-bond donors (Lipinski definition) is 0. The highest BCUT2D eigenvalue weighted by atomic mass is 16.5. The summed E-state index contributed by atoms with van der Waals surface area (Å²) in [4.78, 5) is 2.29. The van der Waals surface area contributed by atoms with Crippen LogP contribution in [0, 0.1) is 17.2 Å². The zero-order valence-electron chi connectivity index (χ0n) is 10.4. The minimum Gasteiger partial charge on any atom is -0.497 e. The van der Waals surface area contributed by atoms with E-state index < -0.39 is 0 Å². The van der Waals surface area contributed by atoms with Gasteiger partial charge in [-0.2, -0.15) is 5.26 Å². The van der Waals surface area contributed by atoms with E-state index in [1.165, 1.54) is 12.8 Å². The molecule has 1 aromatic carbocycles. The summed E-state index contributed by atoms with van der Waals surface area (Å²) in [6.07, 6.45) is 2.39. The number of ether oxygens (including phenoxy) is 1. The Kier molecular flexibility index (Phi) is 3.53. The van der Waals surface area contributed by atoms with Gasteiger partial charge in [0.2, 0.25) is 0 Å². The molecule has 1 fully saturated rings. The summed E-state index contributed by atoms with van der Waals surface area (Å²) in [5, 5.41) is 9.15. The zero-order chi connectivity index (χ0) is 12.3. The molecule has 0 aromatic heterocycles. The van der Waals surface area contributed by atoms with Gasteiger partial charge >= 0.3 is 0 Å². The number of piperidine rings is 1. The lowest BCUT2D eigenvalue weighted by Crippen LogP contribution is -2.33. The Hall–Kier alpha value is -1.69. The number of anilines is 1. The van der Waals surface area contributed by atoms with Gasteiger partial charge in [0, 0.05) is 19.2 Å². The number of hydrogen-bond acceptors (Lipinski definition) is 3. The van der Waals surface area contributed by atoms with Crippen molar-refractivity contribution in [1.29, 1.82) is 5.26 Å². The lowest BCUT2D eigenvalue weighted by molar-refractivity contribution is 0.413. The van der Waals surface area contributed by atoms with Crippen LogP contribution in [0.3, 0.4) is 0 Å². The molecular formula is C14H18N2O. The molecular weight excluding hydrogens is 212 g/mol. The minimum absolute atomic E-state index is 0.736. The molecule has 1 aromatic rings. The first-order valence-electron chi connectivity index (χ1n) is 6.07. The Labute approximate surface area is 103 Å². The maximum atomic E-state index is 9.15. The molecule has 0 saturated carbocycles. The summed E-state index contributed by atoms with van der Waals surface area (Å²) in [7, 11) is 1.66. The standard InChI is InChI=1S/C14H18N2O/c1-11-5-7-16(8-6-11)14-9-13(17-2)4-3-12(14)10-15/h3-4,9,11H,5-8H2,1-2H3. The molecule has 0 atom stereocenters. The van der Waals surface area contributed by atoms with Crippen molar-refractivity contribution in [2.45, 2.75) is 19.8 Å². The van der Waals surface area contributed by atoms with E-state index in [9.17, 15) is 0 Å². The molecule has 3 nitrogen and oxygen atoms in total. The normalized spacial score (nSPS) is 16.6. The summed E-state index contributed by atoms with van der Waals surface area (Å²) >= 11 is 0. The molecule has 0 unspecified atom stereocenters. The second-order valence-corrected chi connectivity index (χ2v) is 4.66. The number of rotatable bonds is 2. The third-order valence-corrected chi connectivity index (χ3v) is 3.45. The van der Waals surface area contributed by atoms with E-state index in [2.05, 4.69) is 17.9 Å². The van der Waals surface area contributed by atoms with Crippen LogP contribution in [0.15, 0.2) is 18.2 Å². The molecule has 17 heavy (non-hydrogen) atoms. The van der Waals surface area contributed by atoms with E-state index in [1.54, 1.807) is 7.11 Å². The lowest BCUT2D eigenvalue weighted by Gasteiger charge is -2.32. The molecule has 0 spiro atoms. The summed E-state index contributed by atoms with van der Waals surface area (Å²) in [6.45, 7) is 4.35. The number of nitrogens with zero attached hydrogens (tertiary/aromatic N) is 2. The molecule has 1 aliphatic rings. The number of nitriles is 1. The maximum Gasteiger partial charge on any atom is 0.121 e. The predicted octanol–water partition coefficient (Wildman–Crippen LogP) is 2.80. The summed E-state index contributed by atoms with van der Waals surface area (Å²) < 4.78 is 5.23. The smallest absolute Gasteiger partial charge is 0.121 e. The van der Waals surface area contributed by atoms with Crippen molar-refractivity contribution in [1.82, 2.24) is 0 Å². The second kappa shape index (κ2) is 5.09. The van der Waals surface area contributed by atoms with Crippen LogP contribution in [0.4, 0.5) is 5.69 Å². The summed E-state index contributed by atoms with van der Waals surface area (Å²) in [5.74, 6) is 1.61.